The van der Waals surface area contributed by atoms with Crippen molar-refractivity contribution >= 4 is 0 Å². The van der Waals surface area contributed by atoms with Gasteiger partial charge in [0.05, 0.1) is 5.54 Å². The summed E-state index contributed by atoms with van der Waals surface area (Å²) in [7, 11) is 0. The van der Waals surface area contributed by atoms with E-state index in [1.807, 2.05) is 0 Å². The molecule has 0 aliphatic carbocycles. The number of rotatable bonds is 1. The Hall–Kier alpha value is 0.210. The van der Waals surface area contributed by atoms with E-state index in [1.54, 1.807) is 0 Å². The molecule has 0 saturated carbocycles. The number of quaternary nitrogens is 1. The average Bonchev–Trinajstić information content (AvgIpc) is 1.31. The number of hydrogen-bond donors (Lipinski definition) is 1. The molecular weight excluding hydrogens is 138 g/mol. The zero-order chi connectivity index (χ0) is 6.08. The van der Waals surface area contributed by atoms with Gasteiger partial charge < -0.3 is 23.6 Å². The molecule has 0 rings (SSSR count). The molecule has 0 aromatic rings. The smallest absolute Gasteiger partial charge is 0.0912 e. The van der Waals surface area contributed by atoms with Crippen molar-refractivity contribution in [1.29, 1.82) is 0 Å². The van der Waals surface area contributed by atoms with Crippen LogP contribution in [0.2, 0.25) is 0 Å². The standard InChI is InChI=1S/C6H15N.ClH.H2O/c1-5(2)6(3,4)7;;/h5H,7H2,1-4H3;1H;1H2. The highest BCUT2D eigenvalue weighted by Crippen LogP contribution is 2.07. The van der Waals surface area contributed by atoms with Crippen LogP contribution in [0.25, 0.3) is 0 Å². The minimum absolute atomic E-state index is 0. The minimum Gasteiger partial charge on any atom is -1.00 e. The van der Waals surface area contributed by atoms with Crippen LogP contribution in [0.4, 0.5) is 0 Å². The van der Waals surface area contributed by atoms with Crippen LogP contribution >= 0.6 is 0 Å². The fraction of sp³-hybridized carbons (Fsp3) is 1.00. The highest BCUT2D eigenvalue weighted by Gasteiger charge is 2.18. The summed E-state index contributed by atoms with van der Waals surface area (Å²) in [4.78, 5) is 0. The first kappa shape index (κ1) is 16.1. The van der Waals surface area contributed by atoms with E-state index in [-0.39, 0.29) is 23.4 Å². The van der Waals surface area contributed by atoms with Crippen LogP contribution in [-0.4, -0.2) is 11.0 Å². The van der Waals surface area contributed by atoms with E-state index < -0.39 is 0 Å². The fourth-order valence-corrected chi connectivity index (χ4v) is 0. The predicted octanol–water partition coefficient (Wildman–Crippen LogP) is -3.16. The lowest BCUT2D eigenvalue weighted by molar-refractivity contribution is -0.477. The summed E-state index contributed by atoms with van der Waals surface area (Å²) < 4.78 is 0. The van der Waals surface area contributed by atoms with Crippen molar-refractivity contribution < 1.29 is 23.6 Å². The Bertz CT molecular complexity index is 58.6. The van der Waals surface area contributed by atoms with Crippen molar-refractivity contribution in [3.63, 3.8) is 0 Å². The van der Waals surface area contributed by atoms with Gasteiger partial charge in [-0.2, -0.15) is 0 Å². The van der Waals surface area contributed by atoms with Gasteiger partial charge in [0.2, 0.25) is 0 Å². The summed E-state index contributed by atoms with van der Waals surface area (Å²) >= 11 is 0. The van der Waals surface area contributed by atoms with Crippen LogP contribution in [0.5, 0.6) is 0 Å². The zero-order valence-corrected chi connectivity index (χ0v) is 7.42. The zero-order valence-electron chi connectivity index (χ0n) is 6.66. The van der Waals surface area contributed by atoms with E-state index in [0.29, 0.717) is 5.92 Å². The second kappa shape index (κ2) is 5.03. The molecule has 0 saturated heterocycles. The first-order valence-corrected chi connectivity index (χ1v) is 2.80. The van der Waals surface area contributed by atoms with Crippen molar-refractivity contribution in [1.82, 2.24) is 0 Å². The third kappa shape index (κ3) is 8.21. The van der Waals surface area contributed by atoms with Crippen LogP contribution in [0.3, 0.4) is 0 Å². The Morgan fingerprint density at radius 2 is 1.33 bits per heavy atom. The van der Waals surface area contributed by atoms with Crippen molar-refractivity contribution in [2.45, 2.75) is 33.2 Å². The Labute approximate surface area is 63.5 Å². The van der Waals surface area contributed by atoms with E-state index in [1.165, 1.54) is 0 Å². The van der Waals surface area contributed by atoms with Crippen LogP contribution < -0.4 is 18.1 Å². The molecule has 0 fully saturated rings. The first-order valence-electron chi connectivity index (χ1n) is 2.80. The highest BCUT2D eigenvalue weighted by atomic mass is 35.5. The van der Waals surface area contributed by atoms with E-state index >= 15 is 0 Å². The molecule has 0 atom stereocenters. The fourth-order valence-electron chi connectivity index (χ4n) is 0. The summed E-state index contributed by atoms with van der Waals surface area (Å²) in [6.07, 6.45) is 0. The van der Waals surface area contributed by atoms with Crippen LogP contribution in [0.15, 0.2) is 0 Å². The Kier molecular flexibility index (Phi) is 9.00. The van der Waals surface area contributed by atoms with E-state index in [4.69, 9.17) is 0 Å². The number of hydrogen-bond acceptors (Lipinski definition) is 0. The van der Waals surface area contributed by atoms with Gasteiger partial charge in [0.1, 0.15) is 0 Å². The quantitative estimate of drug-likeness (QED) is 0.416. The number of halogens is 1. The maximum atomic E-state index is 3.97. The molecule has 0 bridgehead atoms. The van der Waals surface area contributed by atoms with Crippen molar-refractivity contribution in [2.24, 2.45) is 5.92 Å². The van der Waals surface area contributed by atoms with Gasteiger partial charge >= 0.3 is 0 Å². The van der Waals surface area contributed by atoms with Gasteiger partial charge in [-0.05, 0) is 13.8 Å². The molecule has 0 radical (unpaired) electrons. The van der Waals surface area contributed by atoms with Gasteiger partial charge in [0.25, 0.3) is 0 Å². The lowest BCUT2D eigenvalue weighted by Gasteiger charge is -2.18. The summed E-state index contributed by atoms with van der Waals surface area (Å²) in [6.45, 7) is 8.68. The Morgan fingerprint density at radius 3 is 1.33 bits per heavy atom. The van der Waals surface area contributed by atoms with E-state index in [9.17, 15) is 0 Å². The van der Waals surface area contributed by atoms with E-state index in [2.05, 4.69) is 33.4 Å². The Balaban J connectivity index is -0.000000180. The second-order valence-electron chi connectivity index (χ2n) is 3.14. The molecular formula is C6H18ClNO. The molecule has 60 valence electrons. The predicted molar refractivity (Wildman–Crippen MR) is 35.4 cm³/mol. The molecule has 2 nitrogen and oxygen atoms in total. The summed E-state index contributed by atoms with van der Waals surface area (Å²) in [6, 6.07) is 0. The summed E-state index contributed by atoms with van der Waals surface area (Å²) in [5, 5.41) is 0. The first-order chi connectivity index (χ1) is 2.94. The normalized spacial score (nSPS) is 10.0. The van der Waals surface area contributed by atoms with Crippen molar-refractivity contribution in [3.8, 4) is 0 Å². The molecule has 0 amide bonds. The average molecular weight is 156 g/mol. The van der Waals surface area contributed by atoms with Gasteiger partial charge in [-0.1, -0.05) is 13.8 Å². The molecule has 0 aromatic heterocycles. The molecule has 5 N–H and O–H groups in total. The topological polar surface area (TPSA) is 59.1 Å². The summed E-state index contributed by atoms with van der Waals surface area (Å²) in [5.74, 6) is 0.687. The second-order valence-corrected chi connectivity index (χ2v) is 3.14. The molecule has 9 heavy (non-hydrogen) atoms. The van der Waals surface area contributed by atoms with Crippen molar-refractivity contribution in [3.05, 3.63) is 0 Å². The third-order valence-electron chi connectivity index (χ3n) is 1.56. The molecule has 0 aromatic carbocycles. The monoisotopic (exact) mass is 155 g/mol. The Morgan fingerprint density at radius 1 is 1.22 bits per heavy atom. The van der Waals surface area contributed by atoms with Crippen LogP contribution in [-0.2, 0) is 0 Å². The molecule has 0 heterocycles. The highest BCUT2D eigenvalue weighted by molar-refractivity contribution is 4.65. The van der Waals surface area contributed by atoms with Gasteiger partial charge in [-0.3, -0.25) is 0 Å². The molecule has 0 aliphatic heterocycles. The SMILES string of the molecule is CC(C)C(C)(C)[NH3+].O.[Cl-]. The van der Waals surface area contributed by atoms with Gasteiger partial charge in [0.15, 0.2) is 0 Å². The molecule has 0 unspecified atom stereocenters. The van der Waals surface area contributed by atoms with Crippen molar-refractivity contribution in [2.75, 3.05) is 0 Å². The third-order valence-corrected chi connectivity index (χ3v) is 1.56. The summed E-state index contributed by atoms with van der Waals surface area (Å²) in [5.41, 5.74) is 4.22. The maximum absolute atomic E-state index is 3.97. The van der Waals surface area contributed by atoms with Crippen LogP contribution in [0.1, 0.15) is 27.7 Å². The van der Waals surface area contributed by atoms with Gasteiger partial charge in [0, 0.05) is 5.92 Å². The lowest BCUT2D eigenvalue weighted by atomic mass is 9.92. The minimum atomic E-state index is 0. The molecule has 3 heteroatoms. The molecule has 0 aliphatic rings. The maximum Gasteiger partial charge on any atom is 0.0912 e. The molecule has 0 spiro atoms. The van der Waals surface area contributed by atoms with Crippen LogP contribution in [0, 0.1) is 5.92 Å². The lowest BCUT2D eigenvalue weighted by Crippen LogP contribution is -3.00. The van der Waals surface area contributed by atoms with E-state index in [0.717, 1.165) is 0 Å². The van der Waals surface area contributed by atoms with Gasteiger partial charge in [-0.15, -0.1) is 0 Å². The largest absolute Gasteiger partial charge is 1.00 e. The van der Waals surface area contributed by atoms with Gasteiger partial charge in [-0.25, -0.2) is 0 Å².